The van der Waals surface area contributed by atoms with Crippen LogP contribution in [-0.2, 0) is 6.42 Å². The molecule has 0 saturated heterocycles. The van der Waals surface area contributed by atoms with Crippen LogP contribution in [0, 0.1) is 0 Å². The maximum absolute atomic E-state index is 13.0. The fourth-order valence-electron chi connectivity index (χ4n) is 4.31. The third-order valence-electron chi connectivity index (χ3n) is 5.49. The van der Waals surface area contributed by atoms with E-state index in [1.807, 2.05) is 6.07 Å². The topological polar surface area (TPSA) is 43.1 Å². The van der Waals surface area contributed by atoms with Crippen LogP contribution in [0.4, 0.5) is 5.69 Å². The number of hydrogen-bond acceptors (Lipinski definition) is 2. The van der Waals surface area contributed by atoms with Gasteiger partial charge in [-0.25, -0.2) is 0 Å². The van der Waals surface area contributed by atoms with E-state index in [4.69, 9.17) is 5.73 Å². The minimum absolute atomic E-state index is 0.274. The number of allylic oxidation sites excluding steroid dienone is 4. The maximum atomic E-state index is 13.0. The number of rotatable bonds is 4. The Morgan fingerprint density at radius 3 is 2.88 bits per heavy atom. The summed E-state index contributed by atoms with van der Waals surface area (Å²) in [6, 6.07) is 8.34. The van der Waals surface area contributed by atoms with Crippen molar-refractivity contribution in [2.45, 2.75) is 51.9 Å². The molecule has 0 saturated carbocycles. The highest BCUT2D eigenvalue weighted by Gasteiger charge is 2.27. The molecular formula is C23H25NO. The lowest BCUT2D eigenvalue weighted by atomic mass is 9.78. The van der Waals surface area contributed by atoms with Gasteiger partial charge in [0.05, 0.1) is 0 Å². The predicted octanol–water partition coefficient (Wildman–Crippen LogP) is 5.84. The highest BCUT2D eigenvalue weighted by Crippen LogP contribution is 2.41. The summed E-state index contributed by atoms with van der Waals surface area (Å²) in [7, 11) is 0. The second kappa shape index (κ2) is 6.51. The highest BCUT2D eigenvalue weighted by molar-refractivity contribution is 6.17. The Kier molecular flexibility index (Phi) is 4.20. The zero-order chi connectivity index (χ0) is 17.4. The summed E-state index contributed by atoms with van der Waals surface area (Å²) in [6.07, 6.45) is 11.6. The smallest absolute Gasteiger partial charge is 0.168 e. The van der Waals surface area contributed by atoms with Gasteiger partial charge in [-0.05, 0) is 65.3 Å². The van der Waals surface area contributed by atoms with Crippen molar-refractivity contribution >= 4 is 27.8 Å². The monoisotopic (exact) mass is 331 g/mol. The number of Topliss-reactive ketones (excluding diaryl/α,β-unsaturated/α-hetero) is 1. The molecule has 2 heteroatoms. The number of aryl methyl sites for hydroxylation is 1. The van der Waals surface area contributed by atoms with Crippen molar-refractivity contribution in [2.24, 2.45) is 0 Å². The summed E-state index contributed by atoms with van der Waals surface area (Å²) >= 11 is 0. The molecule has 0 unspecified atom stereocenters. The number of ketones is 1. The molecule has 2 N–H and O–H groups in total. The standard InChI is InChI=1S/C23H25NO/c1-2-3-4-8-16-12-18(24)13-17-10-11-20-19-9-6-5-7-15(19)14-21(25)23(20)22(16)17/h6,9-13H,2-5,7-8,14,24H2,1H3. The average Bonchev–Trinajstić information content (AvgIpc) is 2.61. The molecule has 0 aliphatic heterocycles. The van der Waals surface area contributed by atoms with Gasteiger partial charge < -0.3 is 5.73 Å². The summed E-state index contributed by atoms with van der Waals surface area (Å²) in [6.45, 7) is 2.21. The van der Waals surface area contributed by atoms with Gasteiger partial charge in [-0.3, -0.25) is 4.79 Å². The molecule has 2 nitrogen and oxygen atoms in total. The Balaban J connectivity index is 1.94. The van der Waals surface area contributed by atoms with Crippen LogP contribution >= 0.6 is 0 Å². The second-order valence-electron chi connectivity index (χ2n) is 7.28. The average molecular weight is 331 g/mol. The lowest BCUT2D eigenvalue weighted by Gasteiger charge is -2.25. The molecule has 0 aromatic heterocycles. The first-order chi connectivity index (χ1) is 12.2. The summed E-state index contributed by atoms with van der Waals surface area (Å²) in [4.78, 5) is 13.0. The predicted molar refractivity (Wildman–Crippen MR) is 106 cm³/mol. The molecule has 0 spiro atoms. The molecular weight excluding hydrogens is 306 g/mol. The van der Waals surface area contributed by atoms with Crippen molar-refractivity contribution in [2.75, 3.05) is 5.73 Å². The van der Waals surface area contributed by atoms with E-state index in [1.165, 1.54) is 29.6 Å². The van der Waals surface area contributed by atoms with E-state index >= 15 is 0 Å². The van der Waals surface area contributed by atoms with Gasteiger partial charge in [-0.15, -0.1) is 0 Å². The Morgan fingerprint density at radius 1 is 1.16 bits per heavy atom. The van der Waals surface area contributed by atoms with Crippen molar-refractivity contribution in [1.82, 2.24) is 0 Å². The van der Waals surface area contributed by atoms with Crippen molar-refractivity contribution in [3.63, 3.8) is 0 Å². The normalized spacial score (nSPS) is 16.3. The Morgan fingerprint density at radius 2 is 2.04 bits per heavy atom. The van der Waals surface area contributed by atoms with Crippen LogP contribution in [-0.4, -0.2) is 5.78 Å². The molecule has 0 atom stereocenters. The van der Waals surface area contributed by atoms with Crippen molar-refractivity contribution in [1.29, 1.82) is 0 Å². The van der Waals surface area contributed by atoms with Gasteiger partial charge in [-0.1, -0.05) is 49.6 Å². The third-order valence-corrected chi connectivity index (χ3v) is 5.49. The molecule has 4 rings (SSSR count). The first-order valence-corrected chi connectivity index (χ1v) is 9.46. The largest absolute Gasteiger partial charge is 0.399 e. The third kappa shape index (κ3) is 2.80. The van der Waals surface area contributed by atoms with Crippen molar-refractivity contribution in [3.8, 4) is 0 Å². The van der Waals surface area contributed by atoms with Crippen LogP contribution in [0.3, 0.4) is 0 Å². The van der Waals surface area contributed by atoms with Gasteiger partial charge in [0.2, 0.25) is 0 Å². The maximum Gasteiger partial charge on any atom is 0.168 e. The summed E-state index contributed by atoms with van der Waals surface area (Å²) in [5.41, 5.74) is 12.8. The lowest BCUT2D eigenvalue weighted by molar-refractivity contribution is 0.0991. The van der Waals surface area contributed by atoms with Gasteiger partial charge in [-0.2, -0.15) is 0 Å². The van der Waals surface area contributed by atoms with Crippen LogP contribution in [0.1, 0.15) is 66.9 Å². The number of benzene rings is 2. The van der Waals surface area contributed by atoms with Gasteiger partial charge in [0.1, 0.15) is 0 Å². The molecule has 25 heavy (non-hydrogen) atoms. The van der Waals surface area contributed by atoms with Crippen LogP contribution < -0.4 is 5.73 Å². The van der Waals surface area contributed by atoms with E-state index in [2.05, 4.69) is 37.3 Å². The number of hydrogen-bond donors (Lipinski definition) is 1. The fraction of sp³-hybridized carbons (Fsp3) is 0.348. The quantitative estimate of drug-likeness (QED) is 0.564. The van der Waals surface area contributed by atoms with E-state index < -0.39 is 0 Å². The lowest BCUT2D eigenvalue weighted by Crippen LogP contribution is -2.14. The summed E-state index contributed by atoms with van der Waals surface area (Å²) < 4.78 is 0. The van der Waals surface area contributed by atoms with E-state index in [0.717, 1.165) is 53.3 Å². The molecule has 0 bridgehead atoms. The molecule has 0 radical (unpaired) electrons. The zero-order valence-corrected chi connectivity index (χ0v) is 14.9. The molecule has 128 valence electrons. The number of nitrogens with two attached hydrogens (primary N) is 1. The van der Waals surface area contributed by atoms with Crippen LogP contribution in [0.15, 0.2) is 42.0 Å². The Labute approximate surface area is 149 Å². The van der Waals surface area contributed by atoms with Crippen molar-refractivity contribution in [3.05, 3.63) is 58.7 Å². The highest BCUT2D eigenvalue weighted by atomic mass is 16.1. The number of anilines is 1. The number of unbranched alkanes of at least 4 members (excludes halogenated alkanes) is 2. The first kappa shape index (κ1) is 16.1. The van der Waals surface area contributed by atoms with Crippen LogP contribution in [0.2, 0.25) is 0 Å². The number of carbonyl (C=O) groups is 1. The van der Waals surface area contributed by atoms with Gasteiger partial charge in [0.15, 0.2) is 5.78 Å². The van der Waals surface area contributed by atoms with Crippen LogP contribution in [0.5, 0.6) is 0 Å². The minimum Gasteiger partial charge on any atom is -0.399 e. The van der Waals surface area contributed by atoms with E-state index in [-0.39, 0.29) is 5.78 Å². The summed E-state index contributed by atoms with van der Waals surface area (Å²) in [5, 5.41) is 2.24. The first-order valence-electron chi connectivity index (χ1n) is 9.46. The molecule has 2 aliphatic rings. The summed E-state index contributed by atoms with van der Waals surface area (Å²) in [5.74, 6) is 0.274. The van der Waals surface area contributed by atoms with Crippen LogP contribution in [0.25, 0.3) is 16.3 Å². The number of carbonyl (C=O) groups excluding carboxylic acids is 1. The van der Waals surface area contributed by atoms with E-state index in [9.17, 15) is 4.79 Å². The molecule has 0 amide bonds. The Hall–Kier alpha value is -2.35. The fourth-order valence-corrected chi connectivity index (χ4v) is 4.31. The van der Waals surface area contributed by atoms with E-state index in [0.29, 0.717) is 6.42 Å². The molecule has 2 aromatic carbocycles. The number of nitrogen functional groups attached to an aromatic ring is 1. The minimum atomic E-state index is 0.274. The molecule has 0 heterocycles. The SMILES string of the molecule is CCCCCc1cc(N)cc2ccc3c(c12)C(=O)CC1=C3C=CCC1. The molecule has 0 fully saturated rings. The zero-order valence-electron chi connectivity index (χ0n) is 14.9. The Bertz CT molecular complexity index is 917. The molecule has 2 aliphatic carbocycles. The van der Waals surface area contributed by atoms with Gasteiger partial charge in [0.25, 0.3) is 0 Å². The second-order valence-corrected chi connectivity index (χ2v) is 7.28. The molecule has 2 aromatic rings. The van der Waals surface area contributed by atoms with Gasteiger partial charge in [0, 0.05) is 17.7 Å². The number of fused-ring (bicyclic) bond motifs is 4. The van der Waals surface area contributed by atoms with Gasteiger partial charge >= 0.3 is 0 Å². The van der Waals surface area contributed by atoms with E-state index in [1.54, 1.807) is 0 Å². The van der Waals surface area contributed by atoms with Crippen molar-refractivity contribution < 1.29 is 4.79 Å².